The maximum atomic E-state index is 9.14. The first-order valence-corrected chi connectivity index (χ1v) is 9.98. The van der Waals surface area contributed by atoms with Crippen molar-refractivity contribution < 1.29 is 0 Å². The maximum Gasteiger partial charge on any atom is 0.137 e. The molecular formula is C21H27N5. The van der Waals surface area contributed by atoms with E-state index in [4.69, 9.17) is 5.26 Å². The van der Waals surface area contributed by atoms with Gasteiger partial charge in [-0.05, 0) is 49.8 Å². The van der Waals surface area contributed by atoms with Crippen LogP contribution >= 0.6 is 0 Å². The number of hydrogen-bond acceptors (Lipinski definition) is 4. The summed E-state index contributed by atoms with van der Waals surface area (Å²) in [6.45, 7) is 1.05. The molecule has 0 saturated heterocycles. The number of fused-ring (bicyclic) bond motifs is 1. The molecule has 0 amide bonds. The molecule has 0 bridgehead atoms. The van der Waals surface area contributed by atoms with Crippen molar-refractivity contribution in [3.05, 3.63) is 41.5 Å². The van der Waals surface area contributed by atoms with Crippen molar-refractivity contribution in [3.8, 4) is 6.07 Å². The van der Waals surface area contributed by atoms with Gasteiger partial charge in [-0.15, -0.1) is 10.2 Å². The summed E-state index contributed by atoms with van der Waals surface area (Å²) in [6, 6.07) is 11.5. The molecule has 1 aromatic heterocycles. The van der Waals surface area contributed by atoms with Crippen LogP contribution in [0.15, 0.2) is 24.3 Å². The summed E-state index contributed by atoms with van der Waals surface area (Å²) in [6.07, 6.45) is 9.96. The van der Waals surface area contributed by atoms with Gasteiger partial charge in [0.05, 0.1) is 6.07 Å². The van der Waals surface area contributed by atoms with Gasteiger partial charge in [-0.25, -0.2) is 0 Å². The normalized spacial score (nSPS) is 22.9. The van der Waals surface area contributed by atoms with Crippen molar-refractivity contribution in [2.75, 3.05) is 5.32 Å². The molecule has 0 spiro atoms. The zero-order valence-electron chi connectivity index (χ0n) is 15.3. The first-order valence-electron chi connectivity index (χ1n) is 9.98. The minimum absolute atomic E-state index is 0.212. The summed E-state index contributed by atoms with van der Waals surface area (Å²) < 4.78 is 2.32. The monoisotopic (exact) mass is 349 g/mol. The third-order valence-electron chi connectivity index (χ3n) is 5.73. The van der Waals surface area contributed by atoms with Gasteiger partial charge in [-0.2, -0.15) is 5.26 Å². The van der Waals surface area contributed by atoms with Crippen LogP contribution in [0.3, 0.4) is 0 Å². The van der Waals surface area contributed by atoms with Crippen molar-refractivity contribution in [2.45, 2.75) is 70.4 Å². The molecular weight excluding hydrogens is 322 g/mol. The Hall–Kier alpha value is -2.35. The predicted molar refractivity (Wildman–Crippen MR) is 102 cm³/mol. The SMILES string of the molecule is N#CC1CCCC(Nc2ccc(Cc3nnc4n3CCCCC4)cc2)C1. The highest BCUT2D eigenvalue weighted by molar-refractivity contribution is 5.46. The Bertz CT molecular complexity index is 771. The Balaban J connectivity index is 1.39. The van der Waals surface area contributed by atoms with Gasteiger partial charge in [0.2, 0.25) is 0 Å². The average molecular weight is 349 g/mol. The lowest BCUT2D eigenvalue weighted by molar-refractivity contribution is 0.395. The van der Waals surface area contributed by atoms with E-state index in [2.05, 4.69) is 50.4 Å². The van der Waals surface area contributed by atoms with E-state index in [1.165, 1.54) is 24.8 Å². The van der Waals surface area contributed by atoms with Crippen LogP contribution in [0.4, 0.5) is 5.69 Å². The number of nitriles is 1. The molecule has 2 aromatic rings. The van der Waals surface area contributed by atoms with Gasteiger partial charge < -0.3 is 9.88 Å². The fraction of sp³-hybridized carbons (Fsp3) is 0.571. The Morgan fingerprint density at radius 1 is 1.08 bits per heavy atom. The molecule has 2 unspecified atom stereocenters. The van der Waals surface area contributed by atoms with Crippen molar-refractivity contribution in [3.63, 3.8) is 0 Å². The largest absolute Gasteiger partial charge is 0.382 e. The molecule has 2 aliphatic rings. The van der Waals surface area contributed by atoms with Gasteiger partial charge in [-0.1, -0.05) is 25.0 Å². The van der Waals surface area contributed by atoms with Crippen molar-refractivity contribution >= 4 is 5.69 Å². The standard InChI is InChI=1S/C21H27N5/c22-15-17-5-4-6-19(13-17)23-18-10-8-16(9-11-18)14-21-25-24-20-7-2-1-3-12-26(20)21/h8-11,17,19,23H,1-7,12-14H2. The van der Waals surface area contributed by atoms with Crippen LogP contribution < -0.4 is 5.32 Å². The molecule has 1 aliphatic heterocycles. The molecule has 0 radical (unpaired) electrons. The van der Waals surface area contributed by atoms with Gasteiger partial charge in [-0.3, -0.25) is 0 Å². The van der Waals surface area contributed by atoms with Gasteiger partial charge >= 0.3 is 0 Å². The summed E-state index contributed by atoms with van der Waals surface area (Å²) in [5.74, 6) is 2.45. The first-order chi connectivity index (χ1) is 12.8. The van der Waals surface area contributed by atoms with Crippen LogP contribution in [0, 0.1) is 17.2 Å². The Morgan fingerprint density at radius 2 is 1.96 bits per heavy atom. The van der Waals surface area contributed by atoms with Crippen molar-refractivity contribution in [1.82, 2.24) is 14.8 Å². The highest BCUT2D eigenvalue weighted by Crippen LogP contribution is 2.26. The van der Waals surface area contributed by atoms with Crippen LogP contribution in [0.5, 0.6) is 0 Å². The van der Waals surface area contributed by atoms with Crippen LogP contribution in [0.2, 0.25) is 0 Å². The minimum Gasteiger partial charge on any atom is -0.382 e. The van der Waals surface area contributed by atoms with E-state index in [0.717, 1.165) is 62.4 Å². The number of hydrogen-bond donors (Lipinski definition) is 1. The molecule has 1 saturated carbocycles. The zero-order chi connectivity index (χ0) is 17.8. The fourth-order valence-corrected chi connectivity index (χ4v) is 4.25. The number of aryl methyl sites for hydroxylation is 1. The van der Waals surface area contributed by atoms with E-state index in [1.807, 2.05) is 0 Å². The molecule has 26 heavy (non-hydrogen) atoms. The van der Waals surface area contributed by atoms with Crippen LogP contribution in [0.1, 0.15) is 62.2 Å². The molecule has 1 N–H and O–H groups in total. The predicted octanol–water partition coefficient (Wildman–Crippen LogP) is 4.09. The molecule has 1 aliphatic carbocycles. The number of rotatable bonds is 4. The number of nitrogens with one attached hydrogen (secondary N) is 1. The lowest BCUT2D eigenvalue weighted by atomic mass is 9.86. The van der Waals surface area contributed by atoms with E-state index < -0.39 is 0 Å². The molecule has 5 nitrogen and oxygen atoms in total. The molecule has 136 valence electrons. The molecule has 1 fully saturated rings. The van der Waals surface area contributed by atoms with E-state index in [-0.39, 0.29) is 5.92 Å². The quantitative estimate of drug-likeness (QED) is 0.903. The van der Waals surface area contributed by atoms with Gasteiger partial charge in [0, 0.05) is 37.0 Å². The topological polar surface area (TPSA) is 66.5 Å². The number of aromatic nitrogens is 3. The second-order valence-corrected chi connectivity index (χ2v) is 7.70. The third-order valence-corrected chi connectivity index (χ3v) is 5.73. The van der Waals surface area contributed by atoms with E-state index in [9.17, 15) is 0 Å². The van der Waals surface area contributed by atoms with Crippen LogP contribution in [-0.4, -0.2) is 20.8 Å². The van der Waals surface area contributed by atoms with Crippen molar-refractivity contribution in [1.29, 1.82) is 5.26 Å². The molecule has 2 atom stereocenters. The number of benzene rings is 1. The smallest absolute Gasteiger partial charge is 0.137 e. The van der Waals surface area contributed by atoms with E-state index in [1.54, 1.807) is 0 Å². The lowest BCUT2D eigenvalue weighted by Gasteiger charge is -2.27. The summed E-state index contributed by atoms with van der Waals surface area (Å²) in [7, 11) is 0. The Kier molecular flexibility index (Phi) is 5.19. The summed E-state index contributed by atoms with van der Waals surface area (Å²) in [5.41, 5.74) is 2.42. The van der Waals surface area contributed by atoms with E-state index >= 15 is 0 Å². The Morgan fingerprint density at radius 3 is 2.81 bits per heavy atom. The third kappa shape index (κ3) is 3.90. The highest BCUT2D eigenvalue weighted by Gasteiger charge is 2.21. The van der Waals surface area contributed by atoms with Crippen LogP contribution in [-0.2, 0) is 19.4 Å². The zero-order valence-corrected chi connectivity index (χ0v) is 15.3. The molecule has 1 aromatic carbocycles. The summed E-state index contributed by atoms with van der Waals surface area (Å²) in [5, 5.41) is 21.6. The molecule has 4 rings (SSSR count). The lowest BCUT2D eigenvalue weighted by Crippen LogP contribution is -2.26. The highest BCUT2D eigenvalue weighted by atomic mass is 15.3. The molecule has 5 heteroatoms. The number of nitrogens with zero attached hydrogens (tertiary/aromatic N) is 4. The number of anilines is 1. The summed E-state index contributed by atoms with van der Waals surface area (Å²) >= 11 is 0. The average Bonchev–Trinajstić information content (AvgIpc) is 2.90. The van der Waals surface area contributed by atoms with Gasteiger partial charge in [0.1, 0.15) is 11.6 Å². The maximum absolute atomic E-state index is 9.14. The second-order valence-electron chi connectivity index (χ2n) is 7.70. The Labute approximate surface area is 155 Å². The fourth-order valence-electron chi connectivity index (χ4n) is 4.25. The van der Waals surface area contributed by atoms with Gasteiger partial charge in [0.15, 0.2) is 0 Å². The molecule has 2 heterocycles. The van der Waals surface area contributed by atoms with Gasteiger partial charge in [0.25, 0.3) is 0 Å². The van der Waals surface area contributed by atoms with Crippen molar-refractivity contribution in [2.24, 2.45) is 5.92 Å². The summed E-state index contributed by atoms with van der Waals surface area (Å²) in [4.78, 5) is 0. The second kappa shape index (κ2) is 7.90. The minimum atomic E-state index is 0.212. The first kappa shape index (κ1) is 17.1. The van der Waals surface area contributed by atoms with E-state index in [0.29, 0.717) is 6.04 Å². The van der Waals surface area contributed by atoms with Crippen LogP contribution in [0.25, 0.3) is 0 Å².